The SMILES string of the molecule is COC(=O)C(OC1CCOCC1)c1ccc(S(=O)(=O)N2CCOCC2)cc1. The van der Waals surface area contributed by atoms with Gasteiger partial charge in [-0.3, -0.25) is 0 Å². The van der Waals surface area contributed by atoms with Crippen molar-refractivity contribution >= 4 is 16.0 Å². The number of benzene rings is 1. The lowest BCUT2D eigenvalue weighted by molar-refractivity contribution is -0.162. The number of rotatable bonds is 6. The van der Waals surface area contributed by atoms with Crippen LogP contribution in [0.1, 0.15) is 24.5 Å². The summed E-state index contributed by atoms with van der Waals surface area (Å²) in [7, 11) is -2.27. The fraction of sp³-hybridized carbons (Fsp3) is 0.611. The minimum absolute atomic E-state index is 0.0976. The number of carbonyl (C=O) groups excluding carboxylic acids is 1. The van der Waals surface area contributed by atoms with Crippen LogP contribution in [0.5, 0.6) is 0 Å². The summed E-state index contributed by atoms with van der Waals surface area (Å²) in [6.45, 7) is 2.63. The fourth-order valence-electron chi connectivity index (χ4n) is 3.13. The second-order valence-corrected chi connectivity index (χ2v) is 8.37. The maximum atomic E-state index is 12.7. The second-order valence-electron chi connectivity index (χ2n) is 6.44. The zero-order chi connectivity index (χ0) is 19.3. The molecule has 27 heavy (non-hydrogen) atoms. The zero-order valence-corrected chi connectivity index (χ0v) is 16.2. The van der Waals surface area contributed by atoms with Gasteiger partial charge in [0, 0.05) is 26.3 Å². The normalized spacial score (nSPS) is 20.9. The van der Waals surface area contributed by atoms with Gasteiger partial charge in [-0.25, -0.2) is 13.2 Å². The van der Waals surface area contributed by atoms with Crippen molar-refractivity contribution in [2.45, 2.75) is 29.9 Å². The molecule has 150 valence electrons. The fourth-order valence-corrected chi connectivity index (χ4v) is 4.54. The lowest BCUT2D eigenvalue weighted by atomic mass is 10.1. The van der Waals surface area contributed by atoms with Crippen molar-refractivity contribution in [1.29, 1.82) is 0 Å². The summed E-state index contributed by atoms with van der Waals surface area (Å²) in [5, 5.41) is 0. The van der Waals surface area contributed by atoms with Gasteiger partial charge in [-0.15, -0.1) is 0 Å². The lowest BCUT2D eigenvalue weighted by Crippen LogP contribution is -2.40. The van der Waals surface area contributed by atoms with Crippen LogP contribution in [-0.4, -0.2) is 71.4 Å². The molecule has 8 nitrogen and oxygen atoms in total. The van der Waals surface area contributed by atoms with E-state index in [-0.39, 0.29) is 11.0 Å². The van der Waals surface area contributed by atoms with Crippen LogP contribution in [0.3, 0.4) is 0 Å². The Balaban J connectivity index is 1.77. The molecule has 1 atom stereocenters. The molecule has 2 aliphatic rings. The Kier molecular flexibility index (Phi) is 6.83. The minimum atomic E-state index is -3.58. The molecule has 1 aromatic rings. The van der Waals surface area contributed by atoms with E-state index in [4.69, 9.17) is 18.9 Å². The van der Waals surface area contributed by atoms with Crippen LogP contribution in [0.4, 0.5) is 0 Å². The summed E-state index contributed by atoms with van der Waals surface area (Å²) in [4.78, 5) is 12.4. The highest BCUT2D eigenvalue weighted by atomic mass is 32.2. The van der Waals surface area contributed by atoms with Gasteiger partial charge in [0.15, 0.2) is 6.10 Å². The number of ether oxygens (including phenoxy) is 4. The van der Waals surface area contributed by atoms with E-state index in [1.807, 2.05) is 0 Å². The highest BCUT2D eigenvalue weighted by Crippen LogP contribution is 2.26. The Labute approximate surface area is 159 Å². The summed E-state index contributed by atoms with van der Waals surface area (Å²) >= 11 is 0. The summed E-state index contributed by atoms with van der Waals surface area (Å²) in [5.74, 6) is -0.509. The number of morpholine rings is 1. The Bertz CT molecular complexity index is 723. The Morgan fingerprint density at radius 2 is 1.67 bits per heavy atom. The molecule has 0 amide bonds. The van der Waals surface area contributed by atoms with E-state index in [2.05, 4.69) is 0 Å². The molecule has 0 spiro atoms. The number of esters is 1. The van der Waals surface area contributed by atoms with Crippen LogP contribution >= 0.6 is 0 Å². The third kappa shape index (κ3) is 4.85. The molecule has 0 aromatic heterocycles. The summed E-state index contributed by atoms with van der Waals surface area (Å²) < 4.78 is 48.1. The molecule has 0 saturated carbocycles. The van der Waals surface area contributed by atoms with Crippen LogP contribution in [-0.2, 0) is 33.8 Å². The topological polar surface area (TPSA) is 91.4 Å². The molecule has 2 aliphatic heterocycles. The number of nitrogens with zero attached hydrogens (tertiary/aromatic N) is 1. The molecular formula is C18H25NO7S. The van der Waals surface area contributed by atoms with Crippen molar-refractivity contribution in [2.75, 3.05) is 46.6 Å². The van der Waals surface area contributed by atoms with Crippen molar-refractivity contribution in [3.05, 3.63) is 29.8 Å². The first kappa shape index (κ1) is 20.2. The first-order chi connectivity index (χ1) is 13.0. The van der Waals surface area contributed by atoms with Crippen molar-refractivity contribution in [2.24, 2.45) is 0 Å². The maximum Gasteiger partial charge on any atom is 0.339 e. The van der Waals surface area contributed by atoms with E-state index in [9.17, 15) is 13.2 Å². The number of sulfonamides is 1. The molecule has 3 rings (SSSR count). The van der Waals surface area contributed by atoms with Crippen molar-refractivity contribution in [3.63, 3.8) is 0 Å². The van der Waals surface area contributed by atoms with Gasteiger partial charge in [0.05, 0.1) is 31.3 Å². The molecular weight excluding hydrogens is 374 g/mol. The van der Waals surface area contributed by atoms with Crippen molar-refractivity contribution in [1.82, 2.24) is 4.31 Å². The van der Waals surface area contributed by atoms with Crippen molar-refractivity contribution in [3.8, 4) is 0 Å². The van der Waals surface area contributed by atoms with Gasteiger partial charge >= 0.3 is 5.97 Å². The maximum absolute atomic E-state index is 12.7. The van der Waals surface area contributed by atoms with E-state index in [1.165, 1.54) is 23.5 Å². The summed E-state index contributed by atoms with van der Waals surface area (Å²) in [6, 6.07) is 6.22. The van der Waals surface area contributed by atoms with E-state index in [1.54, 1.807) is 12.1 Å². The molecule has 0 radical (unpaired) electrons. The average Bonchev–Trinajstić information content (AvgIpc) is 2.73. The highest BCUT2D eigenvalue weighted by Gasteiger charge is 2.29. The average molecular weight is 399 g/mol. The highest BCUT2D eigenvalue weighted by molar-refractivity contribution is 7.89. The number of carbonyl (C=O) groups is 1. The number of hydrogen-bond acceptors (Lipinski definition) is 7. The predicted octanol–water partition coefficient (Wildman–Crippen LogP) is 1.12. The molecule has 1 aromatic carbocycles. The zero-order valence-electron chi connectivity index (χ0n) is 15.3. The van der Waals surface area contributed by atoms with E-state index in [0.717, 1.165) is 0 Å². The molecule has 9 heteroatoms. The van der Waals surface area contributed by atoms with E-state index >= 15 is 0 Å². The van der Waals surface area contributed by atoms with Crippen LogP contribution in [0.15, 0.2) is 29.2 Å². The third-order valence-corrected chi connectivity index (χ3v) is 6.62. The smallest absolute Gasteiger partial charge is 0.339 e. The molecule has 0 bridgehead atoms. The van der Waals surface area contributed by atoms with E-state index < -0.39 is 22.1 Å². The van der Waals surface area contributed by atoms with Crippen molar-refractivity contribution < 1.29 is 32.2 Å². The molecule has 1 unspecified atom stereocenters. The Hall–Kier alpha value is -1.52. The molecule has 2 fully saturated rings. The van der Waals surface area contributed by atoms with Gasteiger partial charge in [0.1, 0.15) is 0 Å². The predicted molar refractivity (Wildman–Crippen MR) is 95.7 cm³/mol. The minimum Gasteiger partial charge on any atom is -0.467 e. The second kappa shape index (κ2) is 9.11. The summed E-state index contributed by atoms with van der Waals surface area (Å²) in [5.41, 5.74) is 0.564. The molecule has 0 N–H and O–H groups in total. The largest absolute Gasteiger partial charge is 0.467 e. The molecule has 0 aliphatic carbocycles. The molecule has 2 heterocycles. The van der Waals surface area contributed by atoms with Crippen LogP contribution in [0.25, 0.3) is 0 Å². The van der Waals surface area contributed by atoms with Gasteiger partial charge in [-0.2, -0.15) is 4.31 Å². The third-order valence-electron chi connectivity index (χ3n) is 4.70. The number of hydrogen-bond donors (Lipinski definition) is 0. The van der Waals surface area contributed by atoms with Crippen LogP contribution in [0, 0.1) is 0 Å². The quantitative estimate of drug-likeness (QED) is 0.662. The van der Waals surface area contributed by atoms with Gasteiger partial charge < -0.3 is 18.9 Å². The number of methoxy groups -OCH3 is 1. The Morgan fingerprint density at radius 3 is 2.26 bits per heavy atom. The van der Waals surface area contributed by atoms with Crippen LogP contribution in [0.2, 0.25) is 0 Å². The standard InChI is InChI=1S/C18H25NO7S/c1-23-18(20)17(26-15-6-10-24-11-7-15)14-2-4-16(5-3-14)27(21,22)19-8-12-25-13-9-19/h2-5,15,17H,6-13H2,1H3. The van der Waals surface area contributed by atoms with Crippen LogP contribution < -0.4 is 0 Å². The molecule has 2 saturated heterocycles. The monoisotopic (exact) mass is 399 g/mol. The van der Waals surface area contributed by atoms with Gasteiger partial charge in [0.2, 0.25) is 10.0 Å². The van der Waals surface area contributed by atoms with Gasteiger partial charge in [-0.1, -0.05) is 12.1 Å². The Morgan fingerprint density at radius 1 is 1.07 bits per heavy atom. The summed E-state index contributed by atoms with van der Waals surface area (Å²) in [6.07, 6.45) is 0.423. The first-order valence-corrected chi connectivity index (χ1v) is 10.5. The van der Waals surface area contributed by atoms with Gasteiger partial charge in [0.25, 0.3) is 0 Å². The lowest BCUT2D eigenvalue weighted by Gasteiger charge is -2.27. The first-order valence-electron chi connectivity index (χ1n) is 9.01. The van der Waals surface area contributed by atoms with E-state index in [0.29, 0.717) is 57.9 Å². The van der Waals surface area contributed by atoms with Gasteiger partial charge in [-0.05, 0) is 30.5 Å².